The standard InChI is InChI=1S/C17H22F2N2O4/c1-24-11-15(22)21-7-5-13(6-8-21)16(23)20-10-12-3-2-4-14(9-12)25-17(18)19/h2-4,9,13,17H,5-8,10-11H2,1H3,(H,20,23). The van der Waals surface area contributed by atoms with Crippen LogP contribution in [0.1, 0.15) is 18.4 Å². The number of alkyl halides is 2. The molecule has 0 radical (unpaired) electrons. The largest absolute Gasteiger partial charge is 0.435 e. The molecule has 1 aromatic rings. The molecule has 1 aromatic carbocycles. The molecule has 25 heavy (non-hydrogen) atoms. The highest BCUT2D eigenvalue weighted by atomic mass is 19.3. The van der Waals surface area contributed by atoms with E-state index in [0.29, 0.717) is 31.5 Å². The SMILES string of the molecule is COCC(=O)N1CCC(C(=O)NCc2cccc(OC(F)F)c2)CC1. The van der Waals surface area contributed by atoms with Gasteiger partial charge in [0.25, 0.3) is 0 Å². The van der Waals surface area contributed by atoms with E-state index in [1.165, 1.54) is 19.2 Å². The Morgan fingerprint density at radius 3 is 2.68 bits per heavy atom. The third kappa shape index (κ3) is 5.97. The van der Waals surface area contributed by atoms with Gasteiger partial charge in [-0.25, -0.2) is 0 Å². The number of carbonyl (C=O) groups is 2. The lowest BCUT2D eigenvalue weighted by molar-refractivity contribution is -0.138. The van der Waals surface area contributed by atoms with Crippen molar-refractivity contribution in [3.8, 4) is 5.75 Å². The molecule has 6 nitrogen and oxygen atoms in total. The molecule has 2 rings (SSSR count). The maximum atomic E-state index is 12.2. The van der Waals surface area contributed by atoms with Crippen molar-refractivity contribution in [3.05, 3.63) is 29.8 Å². The zero-order valence-electron chi connectivity index (χ0n) is 14.0. The minimum absolute atomic E-state index is 0.0495. The summed E-state index contributed by atoms with van der Waals surface area (Å²) < 4.78 is 33.6. The molecule has 1 fully saturated rings. The molecule has 1 aliphatic rings. The van der Waals surface area contributed by atoms with Gasteiger partial charge in [0.05, 0.1) is 0 Å². The molecule has 1 heterocycles. The van der Waals surface area contributed by atoms with Crippen LogP contribution in [0, 0.1) is 5.92 Å². The second kappa shape index (κ2) is 9.31. The van der Waals surface area contributed by atoms with Crippen LogP contribution in [0.4, 0.5) is 8.78 Å². The summed E-state index contributed by atoms with van der Waals surface area (Å²) in [6.07, 6.45) is 1.19. The number of ether oxygens (including phenoxy) is 2. The number of nitrogens with zero attached hydrogens (tertiary/aromatic N) is 1. The molecule has 0 saturated carbocycles. The first-order chi connectivity index (χ1) is 12.0. The summed E-state index contributed by atoms with van der Waals surface area (Å²) in [4.78, 5) is 25.7. The van der Waals surface area contributed by atoms with Gasteiger partial charge in [-0.15, -0.1) is 0 Å². The highest BCUT2D eigenvalue weighted by Gasteiger charge is 2.26. The lowest BCUT2D eigenvalue weighted by Crippen LogP contribution is -2.44. The van der Waals surface area contributed by atoms with Gasteiger partial charge in [-0.2, -0.15) is 8.78 Å². The highest BCUT2D eigenvalue weighted by molar-refractivity contribution is 5.80. The fraction of sp³-hybridized carbons (Fsp3) is 0.529. The number of benzene rings is 1. The molecular formula is C17H22F2N2O4. The monoisotopic (exact) mass is 356 g/mol. The number of hydrogen-bond donors (Lipinski definition) is 1. The number of rotatable bonds is 7. The normalized spacial score (nSPS) is 15.3. The number of nitrogens with one attached hydrogen (secondary N) is 1. The van der Waals surface area contributed by atoms with E-state index < -0.39 is 6.61 Å². The summed E-state index contributed by atoms with van der Waals surface area (Å²) in [5.74, 6) is -0.268. The van der Waals surface area contributed by atoms with E-state index in [-0.39, 0.29) is 36.6 Å². The van der Waals surface area contributed by atoms with Gasteiger partial charge in [-0.1, -0.05) is 12.1 Å². The lowest BCUT2D eigenvalue weighted by Gasteiger charge is -2.31. The Balaban J connectivity index is 1.78. The maximum absolute atomic E-state index is 12.2. The highest BCUT2D eigenvalue weighted by Crippen LogP contribution is 2.19. The molecule has 2 amide bonds. The smallest absolute Gasteiger partial charge is 0.387 e. The van der Waals surface area contributed by atoms with E-state index in [0.717, 1.165) is 0 Å². The van der Waals surface area contributed by atoms with Gasteiger partial charge in [-0.3, -0.25) is 9.59 Å². The summed E-state index contributed by atoms with van der Waals surface area (Å²) in [5.41, 5.74) is 0.680. The van der Waals surface area contributed by atoms with Crippen molar-refractivity contribution in [2.75, 3.05) is 26.8 Å². The van der Waals surface area contributed by atoms with Crippen LogP contribution in [-0.2, 0) is 20.9 Å². The van der Waals surface area contributed by atoms with Crippen LogP contribution in [-0.4, -0.2) is 50.1 Å². The Bertz CT molecular complexity index is 590. The molecule has 0 bridgehead atoms. The van der Waals surface area contributed by atoms with Crippen molar-refractivity contribution in [1.82, 2.24) is 10.2 Å². The predicted octanol–water partition coefficient (Wildman–Crippen LogP) is 1.79. The fourth-order valence-corrected chi connectivity index (χ4v) is 2.77. The number of carbonyl (C=O) groups excluding carboxylic acids is 2. The fourth-order valence-electron chi connectivity index (χ4n) is 2.77. The van der Waals surface area contributed by atoms with E-state index in [1.807, 2.05) is 0 Å². The van der Waals surface area contributed by atoms with Gasteiger partial charge >= 0.3 is 6.61 Å². The van der Waals surface area contributed by atoms with E-state index in [9.17, 15) is 18.4 Å². The van der Waals surface area contributed by atoms with Crippen molar-refractivity contribution in [1.29, 1.82) is 0 Å². The summed E-state index contributed by atoms with van der Waals surface area (Å²) in [7, 11) is 1.47. The van der Waals surface area contributed by atoms with Crippen molar-refractivity contribution >= 4 is 11.8 Å². The number of halogens is 2. The maximum Gasteiger partial charge on any atom is 0.387 e. The van der Waals surface area contributed by atoms with E-state index in [4.69, 9.17) is 4.74 Å². The Labute approximate surface area is 145 Å². The van der Waals surface area contributed by atoms with Crippen LogP contribution in [0.5, 0.6) is 5.75 Å². The Hall–Kier alpha value is -2.22. The van der Waals surface area contributed by atoms with Gasteiger partial charge < -0.3 is 19.7 Å². The summed E-state index contributed by atoms with van der Waals surface area (Å²) in [6.45, 7) is -1.54. The van der Waals surface area contributed by atoms with Crippen LogP contribution in [0.15, 0.2) is 24.3 Å². The van der Waals surface area contributed by atoms with Crippen LogP contribution in [0.2, 0.25) is 0 Å². The average Bonchev–Trinajstić information content (AvgIpc) is 2.60. The van der Waals surface area contributed by atoms with Crippen molar-refractivity contribution in [2.45, 2.75) is 26.0 Å². The Morgan fingerprint density at radius 1 is 1.32 bits per heavy atom. The average molecular weight is 356 g/mol. The zero-order valence-corrected chi connectivity index (χ0v) is 14.0. The number of piperidine rings is 1. The van der Waals surface area contributed by atoms with Gasteiger partial charge in [0.15, 0.2) is 0 Å². The van der Waals surface area contributed by atoms with Crippen molar-refractivity contribution < 1.29 is 27.8 Å². The first-order valence-electron chi connectivity index (χ1n) is 8.07. The third-order valence-corrected chi connectivity index (χ3v) is 4.08. The predicted molar refractivity (Wildman–Crippen MR) is 86.1 cm³/mol. The molecule has 0 atom stereocenters. The second-order valence-electron chi connectivity index (χ2n) is 5.83. The van der Waals surface area contributed by atoms with Gasteiger partial charge in [0.1, 0.15) is 12.4 Å². The first-order valence-corrected chi connectivity index (χ1v) is 8.07. The second-order valence-corrected chi connectivity index (χ2v) is 5.83. The van der Waals surface area contributed by atoms with Crippen molar-refractivity contribution in [3.63, 3.8) is 0 Å². The van der Waals surface area contributed by atoms with E-state index >= 15 is 0 Å². The van der Waals surface area contributed by atoms with Gasteiger partial charge in [0, 0.05) is 32.7 Å². The molecule has 8 heteroatoms. The molecule has 0 aromatic heterocycles. The molecule has 1 saturated heterocycles. The lowest BCUT2D eigenvalue weighted by atomic mass is 9.96. The molecular weight excluding hydrogens is 334 g/mol. The van der Waals surface area contributed by atoms with E-state index in [2.05, 4.69) is 10.1 Å². The zero-order chi connectivity index (χ0) is 18.2. The number of likely N-dealkylation sites (tertiary alicyclic amines) is 1. The molecule has 0 spiro atoms. The molecule has 0 aliphatic carbocycles. The molecule has 1 aliphatic heterocycles. The van der Waals surface area contributed by atoms with Crippen LogP contribution in [0.3, 0.4) is 0 Å². The molecule has 138 valence electrons. The topological polar surface area (TPSA) is 67.9 Å². The minimum atomic E-state index is -2.88. The number of amides is 2. The third-order valence-electron chi connectivity index (χ3n) is 4.08. The number of methoxy groups -OCH3 is 1. The van der Waals surface area contributed by atoms with Gasteiger partial charge in [-0.05, 0) is 30.5 Å². The van der Waals surface area contributed by atoms with E-state index in [1.54, 1.807) is 17.0 Å². The van der Waals surface area contributed by atoms with Crippen LogP contribution >= 0.6 is 0 Å². The first kappa shape index (κ1) is 19.1. The number of hydrogen-bond acceptors (Lipinski definition) is 4. The van der Waals surface area contributed by atoms with Crippen LogP contribution in [0.25, 0.3) is 0 Å². The van der Waals surface area contributed by atoms with Crippen LogP contribution < -0.4 is 10.1 Å². The summed E-state index contributed by atoms with van der Waals surface area (Å²) >= 11 is 0. The summed E-state index contributed by atoms with van der Waals surface area (Å²) in [5, 5.41) is 2.81. The molecule has 1 N–H and O–H groups in total. The summed E-state index contributed by atoms with van der Waals surface area (Å²) in [6, 6.07) is 6.23. The van der Waals surface area contributed by atoms with Crippen molar-refractivity contribution in [2.24, 2.45) is 5.92 Å². The minimum Gasteiger partial charge on any atom is -0.435 e. The Morgan fingerprint density at radius 2 is 2.04 bits per heavy atom. The van der Waals surface area contributed by atoms with Gasteiger partial charge in [0.2, 0.25) is 11.8 Å². The quantitative estimate of drug-likeness (QED) is 0.809. The molecule has 0 unspecified atom stereocenters. The Kier molecular flexibility index (Phi) is 7.12.